The summed E-state index contributed by atoms with van der Waals surface area (Å²) in [6.45, 7) is 3.08. The van der Waals surface area contributed by atoms with E-state index in [2.05, 4.69) is 30.5 Å². The van der Waals surface area contributed by atoms with Gasteiger partial charge in [-0.1, -0.05) is 12.8 Å². The van der Waals surface area contributed by atoms with Gasteiger partial charge in [0.25, 0.3) is 0 Å². The van der Waals surface area contributed by atoms with Crippen LogP contribution in [0.4, 0.5) is 0 Å². The lowest BCUT2D eigenvalue weighted by Crippen LogP contribution is -2.43. The maximum Gasteiger partial charge on any atom is 0.194 e. The molecule has 0 radical (unpaired) electrons. The molecule has 3 rings (SSSR count). The third-order valence-corrected chi connectivity index (χ3v) is 4.79. The molecular formula is C16H28IN9. The van der Waals surface area contributed by atoms with Gasteiger partial charge in [0.15, 0.2) is 11.8 Å². The van der Waals surface area contributed by atoms with Gasteiger partial charge in [-0.05, 0) is 19.8 Å². The van der Waals surface area contributed by atoms with E-state index in [1.807, 2.05) is 32.6 Å². The van der Waals surface area contributed by atoms with Crippen molar-refractivity contribution in [2.75, 3.05) is 7.05 Å². The fourth-order valence-electron chi connectivity index (χ4n) is 3.01. The Morgan fingerprint density at radius 1 is 1.27 bits per heavy atom. The minimum absolute atomic E-state index is 0. The Morgan fingerprint density at radius 2 is 2.00 bits per heavy atom. The van der Waals surface area contributed by atoms with Crippen LogP contribution in [0.25, 0.3) is 0 Å². The quantitative estimate of drug-likeness (QED) is 0.401. The highest BCUT2D eigenvalue weighted by Gasteiger charge is 2.19. The third-order valence-electron chi connectivity index (χ3n) is 4.79. The smallest absolute Gasteiger partial charge is 0.194 e. The van der Waals surface area contributed by atoms with E-state index >= 15 is 0 Å². The van der Waals surface area contributed by atoms with Gasteiger partial charge in [-0.3, -0.25) is 4.68 Å². The van der Waals surface area contributed by atoms with E-state index in [0.29, 0.717) is 19.1 Å². The topological polar surface area (TPSA) is 89.1 Å². The van der Waals surface area contributed by atoms with Crippen molar-refractivity contribution in [1.82, 2.24) is 39.7 Å². The van der Waals surface area contributed by atoms with E-state index in [1.54, 1.807) is 11.0 Å². The van der Waals surface area contributed by atoms with Crippen LogP contribution in [-0.2, 0) is 27.2 Å². The second-order valence-electron chi connectivity index (χ2n) is 6.64. The Morgan fingerprint density at radius 3 is 2.58 bits per heavy atom. The molecule has 2 aromatic rings. The number of hydrogen-bond acceptors (Lipinski definition) is 5. The first-order valence-corrected chi connectivity index (χ1v) is 8.74. The third kappa shape index (κ3) is 4.92. The summed E-state index contributed by atoms with van der Waals surface area (Å²) in [5.41, 5.74) is 0. The number of aromatic nitrogens is 6. The Labute approximate surface area is 171 Å². The summed E-state index contributed by atoms with van der Waals surface area (Å²) in [5, 5.41) is 16.0. The zero-order chi connectivity index (χ0) is 17.8. The van der Waals surface area contributed by atoms with Gasteiger partial charge in [-0.25, -0.2) is 9.98 Å². The van der Waals surface area contributed by atoms with E-state index in [-0.39, 0.29) is 24.0 Å². The summed E-state index contributed by atoms with van der Waals surface area (Å²) in [7, 11) is 5.89. The summed E-state index contributed by atoms with van der Waals surface area (Å²) in [5.74, 6) is 3.52. The molecule has 0 amide bonds. The highest BCUT2D eigenvalue weighted by Crippen LogP contribution is 2.18. The maximum atomic E-state index is 4.79. The van der Waals surface area contributed by atoms with Gasteiger partial charge >= 0.3 is 0 Å². The normalized spacial score (nSPS) is 15.2. The van der Waals surface area contributed by atoms with Gasteiger partial charge in [-0.2, -0.15) is 5.10 Å². The predicted octanol–water partition coefficient (Wildman–Crippen LogP) is 1.39. The molecule has 26 heavy (non-hydrogen) atoms. The van der Waals surface area contributed by atoms with E-state index < -0.39 is 0 Å². The standard InChI is InChI=1S/C16H27N9.HI/c1-12-21-22-14(24(12)3)9-17-16(20-13-7-5-6-8-13)23(2)10-15-18-11-19-25(15)4;/h11,13H,5-10H2,1-4H3,(H,17,20);1H. The lowest BCUT2D eigenvalue weighted by atomic mass is 10.2. The van der Waals surface area contributed by atoms with E-state index in [0.717, 1.165) is 23.4 Å². The summed E-state index contributed by atoms with van der Waals surface area (Å²) in [6.07, 6.45) is 6.52. The fraction of sp³-hybridized carbons (Fsp3) is 0.688. The molecule has 1 aliphatic carbocycles. The summed E-state index contributed by atoms with van der Waals surface area (Å²) in [6, 6.07) is 0.488. The van der Waals surface area contributed by atoms with Crippen molar-refractivity contribution in [1.29, 1.82) is 0 Å². The minimum atomic E-state index is 0. The minimum Gasteiger partial charge on any atom is -0.353 e. The average molecular weight is 473 g/mol. The van der Waals surface area contributed by atoms with Gasteiger partial charge in [0.05, 0.1) is 6.54 Å². The molecule has 2 heterocycles. The number of rotatable bonds is 5. The Hall–Kier alpha value is -1.72. The highest BCUT2D eigenvalue weighted by molar-refractivity contribution is 14.0. The molecule has 0 saturated heterocycles. The number of hydrogen-bond donors (Lipinski definition) is 1. The molecule has 0 unspecified atom stereocenters. The molecule has 9 nitrogen and oxygen atoms in total. The monoisotopic (exact) mass is 473 g/mol. The number of nitrogens with zero attached hydrogens (tertiary/aromatic N) is 8. The van der Waals surface area contributed by atoms with Gasteiger partial charge in [0, 0.05) is 27.2 Å². The van der Waals surface area contributed by atoms with Crippen molar-refractivity contribution in [2.24, 2.45) is 19.1 Å². The molecular weight excluding hydrogens is 445 g/mol. The lowest BCUT2D eigenvalue weighted by molar-refractivity contribution is 0.434. The van der Waals surface area contributed by atoms with Gasteiger partial charge in [-0.15, -0.1) is 34.2 Å². The van der Waals surface area contributed by atoms with Crippen LogP contribution in [0.2, 0.25) is 0 Å². The molecule has 0 aromatic carbocycles. The second kappa shape index (κ2) is 9.28. The largest absolute Gasteiger partial charge is 0.353 e. The first-order chi connectivity index (χ1) is 12.0. The first kappa shape index (κ1) is 20.6. The second-order valence-corrected chi connectivity index (χ2v) is 6.64. The van der Waals surface area contributed by atoms with Gasteiger partial charge in [0.1, 0.15) is 24.5 Å². The molecule has 144 valence electrons. The lowest BCUT2D eigenvalue weighted by Gasteiger charge is -2.25. The van der Waals surface area contributed by atoms with Crippen LogP contribution in [-0.4, -0.2) is 53.5 Å². The summed E-state index contributed by atoms with van der Waals surface area (Å²) >= 11 is 0. The maximum absolute atomic E-state index is 4.79. The van der Waals surface area contributed by atoms with Crippen LogP contribution in [0.5, 0.6) is 0 Å². The SMILES string of the molecule is Cc1nnc(CN=C(NC2CCCC2)N(C)Cc2ncnn2C)n1C.I. The van der Waals surface area contributed by atoms with Gasteiger partial charge < -0.3 is 14.8 Å². The molecule has 1 fully saturated rings. The summed E-state index contributed by atoms with van der Waals surface area (Å²) < 4.78 is 3.76. The molecule has 1 saturated carbocycles. The Kier molecular flexibility index (Phi) is 7.35. The number of guanidine groups is 1. The molecule has 0 spiro atoms. The zero-order valence-corrected chi connectivity index (χ0v) is 18.2. The van der Waals surface area contributed by atoms with Crippen LogP contribution in [0.15, 0.2) is 11.3 Å². The van der Waals surface area contributed by atoms with Crippen LogP contribution in [0.1, 0.15) is 43.2 Å². The van der Waals surface area contributed by atoms with Crippen molar-refractivity contribution in [2.45, 2.75) is 51.7 Å². The molecule has 1 N–H and O–H groups in total. The molecule has 10 heteroatoms. The predicted molar refractivity (Wildman–Crippen MR) is 110 cm³/mol. The van der Waals surface area contributed by atoms with Crippen molar-refractivity contribution in [3.63, 3.8) is 0 Å². The van der Waals surface area contributed by atoms with Crippen molar-refractivity contribution >= 4 is 29.9 Å². The van der Waals surface area contributed by atoms with Crippen LogP contribution in [0.3, 0.4) is 0 Å². The molecule has 0 bridgehead atoms. The Bertz CT molecular complexity index is 730. The summed E-state index contributed by atoms with van der Waals surface area (Å²) in [4.78, 5) is 11.2. The molecule has 1 aliphatic rings. The van der Waals surface area contributed by atoms with Crippen LogP contribution >= 0.6 is 24.0 Å². The van der Waals surface area contributed by atoms with Crippen molar-refractivity contribution in [3.8, 4) is 0 Å². The van der Waals surface area contributed by atoms with E-state index in [1.165, 1.54) is 25.7 Å². The van der Waals surface area contributed by atoms with Crippen LogP contribution < -0.4 is 5.32 Å². The Balaban J connectivity index is 0.00000243. The molecule has 0 aliphatic heterocycles. The molecule has 2 aromatic heterocycles. The molecule has 0 atom stereocenters. The number of aryl methyl sites for hydroxylation is 2. The number of nitrogens with one attached hydrogen (secondary N) is 1. The zero-order valence-electron chi connectivity index (χ0n) is 15.9. The number of halogens is 1. The average Bonchev–Trinajstić information content (AvgIpc) is 3.31. The highest BCUT2D eigenvalue weighted by atomic mass is 127. The van der Waals surface area contributed by atoms with Crippen LogP contribution in [0, 0.1) is 6.92 Å². The van der Waals surface area contributed by atoms with E-state index in [9.17, 15) is 0 Å². The first-order valence-electron chi connectivity index (χ1n) is 8.74. The fourth-order valence-corrected chi connectivity index (χ4v) is 3.01. The number of aliphatic imine (C=N–C) groups is 1. The van der Waals surface area contributed by atoms with E-state index in [4.69, 9.17) is 4.99 Å². The van der Waals surface area contributed by atoms with Gasteiger partial charge in [0.2, 0.25) is 0 Å². The van der Waals surface area contributed by atoms with Crippen molar-refractivity contribution < 1.29 is 0 Å². The van der Waals surface area contributed by atoms with Crippen molar-refractivity contribution in [3.05, 3.63) is 23.8 Å².